The molecule has 3 nitrogen and oxygen atoms in total. The Bertz CT molecular complexity index is 489. The zero-order chi connectivity index (χ0) is 15.5. The topological polar surface area (TPSA) is 55.1 Å². The van der Waals surface area contributed by atoms with Crippen LogP contribution >= 0.6 is 11.6 Å². The molecule has 0 aliphatic carbocycles. The summed E-state index contributed by atoms with van der Waals surface area (Å²) in [7, 11) is 0. The molecule has 112 valence electrons. The van der Waals surface area contributed by atoms with Gasteiger partial charge in [0.1, 0.15) is 5.82 Å². The maximum Gasteiger partial charge on any atom is 0.237 e. The standard InChI is InChI=1S/C15H22ClFN2O/c1-9(2)13(18)14(20)19-8-15(3,4)11-6-5-10(17)7-12(11)16/h5-7,9,13H,8,18H2,1-4H3,(H,19,20)/t13-/m0/s1. The highest BCUT2D eigenvalue weighted by Gasteiger charge is 2.26. The number of nitrogens with one attached hydrogen (secondary N) is 1. The number of carbonyl (C=O) groups excluding carboxylic acids is 1. The van der Waals surface area contributed by atoms with Crippen LogP contribution in [0.3, 0.4) is 0 Å². The maximum atomic E-state index is 13.1. The van der Waals surface area contributed by atoms with Crippen molar-refractivity contribution in [1.82, 2.24) is 5.32 Å². The van der Waals surface area contributed by atoms with Gasteiger partial charge in [0.15, 0.2) is 0 Å². The lowest BCUT2D eigenvalue weighted by Crippen LogP contribution is -2.47. The zero-order valence-electron chi connectivity index (χ0n) is 12.3. The van der Waals surface area contributed by atoms with Gasteiger partial charge in [0, 0.05) is 17.0 Å². The van der Waals surface area contributed by atoms with Crippen LogP contribution in [0.15, 0.2) is 18.2 Å². The zero-order valence-corrected chi connectivity index (χ0v) is 13.1. The van der Waals surface area contributed by atoms with Crippen LogP contribution in [0.2, 0.25) is 5.02 Å². The molecular formula is C15H22ClFN2O. The van der Waals surface area contributed by atoms with Gasteiger partial charge in [-0.2, -0.15) is 0 Å². The molecular weight excluding hydrogens is 279 g/mol. The number of hydrogen-bond donors (Lipinski definition) is 2. The van der Waals surface area contributed by atoms with E-state index < -0.39 is 11.5 Å². The predicted octanol–water partition coefficient (Wildman–Crippen LogP) is 2.86. The van der Waals surface area contributed by atoms with E-state index in [-0.39, 0.29) is 17.6 Å². The molecule has 1 atom stereocenters. The molecule has 0 fully saturated rings. The summed E-state index contributed by atoms with van der Waals surface area (Å²) in [5, 5.41) is 3.19. The maximum absolute atomic E-state index is 13.1. The van der Waals surface area contributed by atoms with Gasteiger partial charge in [-0.15, -0.1) is 0 Å². The molecule has 0 spiro atoms. The summed E-state index contributed by atoms with van der Waals surface area (Å²) in [4.78, 5) is 11.9. The van der Waals surface area contributed by atoms with E-state index in [1.54, 1.807) is 6.07 Å². The molecule has 5 heteroatoms. The van der Waals surface area contributed by atoms with Gasteiger partial charge in [0.25, 0.3) is 0 Å². The van der Waals surface area contributed by atoms with Crippen molar-refractivity contribution in [3.05, 3.63) is 34.6 Å². The number of hydrogen-bond acceptors (Lipinski definition) is 2. The SMILES string of the molecule is CC(C)[C@H](N)C(=O)NCC(C)(C)c1ccc(F)cc1Cl. The van der Waals surface area contributed by atoms with Gasteiger partial charge in [-0.1, -0.05) is 45.4 Å². The van der Waals surface area contributed by atoms with Crippen molar-refractivity contribution < 1.29 is 9.18 Å². The highest BCUT2D eigenvalue weighted by molar-refractivity contribution is 6.31. The molecule has 1 aromatic rings. The summed E-state index contributed by atoms with van der Waals surface area (Å²) in [5.74, 6) is -0.487. The fraction of sp³-hybridized carbons (Fsp3) is 0.533. The molecule has 1 amide bonds. The molecule has 20 heavy (non-hydrogen) atoms. The third kappa shape index (κ3) is 4.18. The minimum Gasteiger partial charge on any atom is -0.354 e. The van der Waals surface area contributed by atoms with Crippen molar-refractivity contribution in [2.24, 2.45) is 11.7 Å². The van der Waals surface area contributed by atoms with Crippen molar-refractivity contribution >= 4 is 17.5 Å². The minimum atomic E-state index is -0.533. The summed E-state index contributed by atoms with van der Waals surface area (Å²) < 4.78 is 13.1. The molecule has 0 saturated heterocycles. The number of benzene rings is 1. The molecule has 0 bridgehead atoms. The van der Waals surface area contributed by atoms with Gasteiger partial charge in [-0.25, -0.2) is 4.39 Å². The first-order valence-electron chi connectivity index (χ1n) is 6.64. The van der Waals surface area contributed by atoms with Gasteiger partial charge < -0.3 is 11.1 Å². The van der Waals surface area contributed by atoms with E-state index in [4.69, 9.17) is 17.3 Å². The van der Waals surface area contributed by atoms with Gasteiger partial charge in [-0.3, -0.25) is 4.79 Å². The monoisotopic (exact) mass is 300 g/mol. The van der Waals surface area contributed by atoms with Crippen molar-refractivity contribution in [1.29, 1.82) is 0 Å². The van der Waals surface area contributed by atoms with Crippen molar-refractivity contribution in [2.45, 2.75) is 39.2 Å². The van der Waals surface area contributed by atoms with Gasteiger partial charge in [-0.05, 0) is 23.6 Å². The molecule has 3 N–H and O–H groups in total. The van der Waals surface area contributed by atoms with E-state index in [2.05, 4.69) is 5.32 Å². The Kier molecular flexibility index (Phi) is 5.54. The summed E-state index contributed by atoms with van der Waals surface area (Å²) in [5.41, 5.74) is 6.18. The Morgan fingerprint density at radius 3 is 2.55 bits per heavy atom. The first-order chi connectivity index (χ1) is 9.15. The van der Waals surface area contributed by atoms with E-state index in [1.165, 1.54) is 12.1 Å². The lowest BCUT2D eigenvalue weighted by Gasteiger charge is -2.28. The Balaban J connectivity index is 2.77. The summed E-state index contributed by atoms with van der Waals surface area (Å²) in [6.45, 7) is 8.05. The first-order valence-corrected chi connectivity index (χ1v) is 7.02. The number of nitrogens with two attached hydrogens (primary N) is 1. The predicted molar refractivity (Wildman–Crippen MR) is 80.3 cm³/mol. The fourth-order valence-corrected chi connectivity index (χ4v) is 2.29. The third-order valence-electron chi connectivity index (χ3n) is 3.39. The van der Waals surface area contributed by atoms with Gasteiger partial charge in [0.05, 0.1) is 6.04 Å². The first kappa shape index (κ1) is 16.9. The van der Waals surface area contributed by atoms with Crippen LogP contribution in [0.4, 0.5) is 4.39 Å². The quantitative estimate of drug-likeness (QED) is 0.878. The molecule has 0 saturated carbocycles. The summed E-state index contributed by atoms with van der Waals surface area (Å²) in [6.07, 6.45) is 0. The highest BCUT2D eigenvalue weighted by Crippen LogP contribution is 2.29. The fourth-order valence-electron chi connectivity index (χ4n) is 1.86. The van der Waals surface area contributed by atoms with E-state index in [1.807, 2.05) is 27.7 Å². The van der Waals surface area contributed by atoms with Crippen LogP contribution < -0.4 is 11.1 Å². The minimum absolute atomic E-state index is 0.0764. The van der Waals surface area contributed by atoms with Crippen LogP contribution in [0.1, 0.15) is 33.3 Å². The molecule has 0 heterocycles. The average molecular weight is 301 g/mol. The Hall–Kier alpha value is -1.13. The van der Waals surface area contributed by atoms with Crippen LogP contribution in [-0.4, -0.2) is 18.5 Å². The molecule has 1 rings (SSSR count). The number of rotatable bonds is 5. The third-order valence-corrected chi connectivity index (χ3v) is 3.70. The highest BCUT2D eigenvalue weighted by atomic mass is 35.5. The average Bonchev–Trinajstić information content (AvgIpc) is 2.34. The Morgan fingerprint density at radius 1 is 1.45 bits per heavy atom. The van der Waals surface area contributed by atoms with Crippen LogP contribution in [0, 0.1) is 11.7 Å². The molecule has 0 aromatic heterocycles. The largest absolute Gasteiger partial charge is 0.354 e. The van der Waals surface area contributed by atoms with E-state index in [0.29, 0.717) is 11.6 Å². The van der Waals surface area contributed by atoms with Crippen molar-refractivity contribution in [2.75, 3.05) is 6.54 Å². The lowest BCUT2D eigenvalue weighted by atomic mass is 9.84. The smallest absolute Gasteiger partial charge is 0.237 e. The summed E-state index contributed by atoms with van der Waals surface area (Å²) >= 11 is 6.06. The molecule has 1 aromatic carbocycles. The number of halogens is 2. The van der Waals surface area contributed by atoms with Gasteiger partial charge in [0.2, 0.25) is 5.91 Å². The van der Waals surface area contributed by atoms with Crippen LogP contribution in [0.25, 0.3) is 0 Å². The second-order valence-corrected chi connectivity index (χ2v) is 6.40. The Morgan fingerprint density at radius 2 is 2.05 bits per heavy atom. The van der Waals surface area contributed by atoms with Crippen LogP contribution in [-0.2, 0) is 10.2 Å². The molecule has 0 radical (unpaired) electrons. The number of carbonyl (C=O) groups is 1. The second-order valence-electron chi connectivity index (χ2n) is 6.00. The molecule has 0 aliphatic rings. The van der Waals surface area contributed by atoms with Crippen molar-refractivity contribution in [3.8, 4) is 0 Å². The summed E-state index contributed by atoms with van der Waals surface area (Å²) in [6, 6.07) is 3.76. The lowest BCUT2D eigenvalue weighted by molar-refractivity contribution is -0.123. The van der Waals surface area contributed by atoms with Gasteiger partial charge >= 0.3 is 0 Å². The molecule has 0 unspecified atom stereocenters. The van der Waals surface area contributed by atoms with E-state index >= 15 is 0 Å². The number of amides is 1. The van der Waals surface area contributed by atoms with Crippen molar-refractivity contribution in [3.63, 3.8) is 0 Å². The van der Waals surface area contributed by atoms with Crippen LogP contribution in [0.5, 0.6) is 0 Å². The Labute approximate surface area is 124 Å². The van der Waals surface area contributed by atoms with E-state index in [0.717, 1.165) is 5.56 Å². The normalized spacial score (nSPS) is 13.4. The second kappa shape index (κ2) is 6.55. The van der Waals surface area contributed by atoms with E-state index in [9.17, 15) is 9.18 Å². The molecule has 0 aliphatic heterocycles.